The summed E-state index contributed by atoms with van der Waals surface area (Å²) in [4.78, 5) is 0. The molecule has 0 atom stereocenters. The highest BCUT2D eigenvalue weighted by Crippen LogP contribution is 2.33. The molecule has 0 aliphatic carbocycles. The van der Waals surface area contributed by atoms with Crippen LogP contribution in [-0.2, 0) is 0 Å². The lowest BCUT2D eigenvalue weighted by Crippen LogP contribution is -1.99. The molecular weight excluding hydrogens is 256 g/mol. The number of hydrogen-bond acceptors (Lipinski definition) is 1. The summed E-state index contributed by atoms with van der Waals surface area (Å²) in [6.45, 7) is 1.98. The molecule has 1 aromatic heterocycles. The van der Waals surface area contributed by atoms with Gasteiger partial charge in [0.1, 0.15) is 0 Å². The van der Waals surface area contributed by atoms with E-state index in [0.717, 1.165) is 33.5 Å². The molecule has 1 heterocycles. The molecule has 0 unspecified atom stereocenters. The van der Waals surface area contributed by atoms with E-state index in [1.165, 1.54) is 0 Å². The number of para-hydroxylation sites is 2. The fraction of sp³-hybridized carbons (Fsp3) is 0.0526. The second-order valence-corrected chi connectivity index (χ2v) is 4.82. The van der Waals surface area contributed by atoms with Crippen molar-refractivity contribution >= 4 is 22.7 Å². The van der Waals surface area contributed by atoms with Gasteiger partial charge >= 0.3 is 0 Å². The second kappa shape index (κ2) is 5.22. The van der Waals surface area contributed by atoms with E-state index in [1.807, 2.05) is 55.5 Å². The molecule has 0 fully saturated rings. The third-order valence-corrected chi connectivity index (χ3v) is 3.54. The molecule has 2 nitrogen and oxygen atoms in total. The van der Waals surface area contributed by atoms with Crippen molar-refractivity contribution in [2.75, 3.05) is 5.73 Å². The van der Waals surface area contributed by atoms with Gasteiger partial charge in [0.05, 0.1) is 22.5 Å². The number of rotatable bonds is 2. The lowest BCUT2D eigenvalue weighted by atomic mass is 10.1. The van der Waals surface area contributed by atoms with Gasteiger partial charge in [-0.3, -0.25) is 0 Å². The van der Waals surface area contributed by atoms with Gasteiger partial charge in [-0.25, -0.2) is 0 Å². The summed E-state index contributed by atoms with van der Waals surface area (Å²) < 4.78 is 2.12. The number of fused-ring (bicyclic) bond motifs is 1. The van der Waals surface area contributed by atoms with Crippen molar-refractivity contribution in [3.8, 4) is 18.0 Å². The Labute approximate surface area is 124 Å². The van der Waals surface area contributed by atoms with Crippen molar-refractivity contribution < 1.29 is 0 Å². The zero-order valence-corrected chi connectivity index (χ0v) is 11.9. The summed E-state index contributed by atoms with van der Waals surface area (Å²) in [6, 6.07) is 16.0. The van der Waals surface area contributed by atoms with E-state index in [1.54, 1.807) is 0 Å². The van der Waals surface area contributed by atoms with Gasteiger partial charge in [0.25, 0.3) is 0 Å². The quantitative estimate of drug-likeness (QED) is 0.549. The Kier molecular flexibility index (Phi) is 3.25. The van der Waals surface area contributed by atoms with Crippen LogP contribution in [0.3, 0.4) is 0 Å². The third-order valence-electron chi connectivity index (χ3n) is 3.54. The van der Waals surface area contributed by atoms with Gasteiger partial charge in [-0.2, -0.15) is 0 Å². The minimum Gasteiger partial charge on any atom is -0.397 e. The first-order valence-electron chi connectivity index (χ1n) is 6.85. The smallest absolute Gasteiger partial charge is 0.0777 e. The predicted octanol–water partition coefficient (Wildman–Crippen LogP) is 4.23. The second-order valence-electron chi connectivity index (χ2n) is 4.82. The Morgan fingerprint density at radius 2 is 1.86 bits per heavy atom. The van der Waals surface area contributed by atoms with Crippen LogP contribution in [0.5, 0.6) is 0 Å². The standard InChI is InChI=1S/C19H16N2/c1-3-9-18-15(4-2)16-12-8-13-17(20)19(16)21(18)14-10-6-5-7-11-14/h2-3,5-13H,20H2,1H3/b9-3-. The highest BCUT2D eigenvalue weighted by molar-refractivity contribution is 5.99. The normalized spacial score (nSPS) is 11.0. The lowest BCUT2D eigenvalue weighted by Gasteiger charge is -2.10. The van der Waals surface area contributed by atoms with Gasteiger partial charge in [0, 0.05) is 11.1 Å². The Bertz CT molecular complexity index is 862. The van der Waals surface area contributed by atoms with Gasteiger partial charge in [0.15, 0.2) is 0 Å². The minimum atomic E-state index is 0.726. The first-order valence-corrected chi connectivity index (χ1v) is 6.85. The van der Waals surface area contributed by atoms with Gasteiger partial charge < -0.3 is 10.3 Å². The molecule has 0 saturated carbocycles. The van der Waals surface area contributed by atoms with Crippen molar-refractivity contribution in [3.63, 3.8) is 0 Å². The number of nitrogen functional groups attached to an aromatic ring is 1. The van der Waals surface area contributed by atoms with Crippen molar-refractivity contribution in [3.05, 3.63) is 65.9 Å². The van der Waals surface area contributed by atoms with Crippen molar-refractivity contribution in [1.29, 1.82) is 0 Å². The monoisotopic (exact) mass is 272 g/mol. The molecule has 2 heteroatoms. The van der Waals surface area contributed by atoms with Crippen LogP contribution in [0.15, 0.2) is 54.6 Å². The molecule has 3 rings (SSSR count). The minimum absolute atomic E-state index is 0.726. The van der Waals surface area contributed by atoms with E-state index in [4.69, 9.17) is 12.2 Å². The summed E-state index contributed by atoms with van der Waals surface area (Å²) >= 11 is 0. The molecule has 21 heavy (non-hydrogen) atoms. The van der Waals surface area contributed by atoms with E-state index in [-0.39, 0.29) is 0 Å². The molecule has 0 saturated heterocycles. The highest BCUT2D eigenvalue weighted by atomic mass is 15.0. The van der Waals surface area contributed by atoms with E-state index in [2.05, 4.69) is 22.6 Å². The number of hydrogen-bond donors (Lipinski definition) is 1. The maximum Gasteiger partial charge on any atom is 0.0777 e. The van der Waals surface area contributed by atoms with Crippen molar-refractivity contribution in [2.24, 2.45) is 0 Å². The summed E-state index contributed by atoms with van der Waals surface area (Å²) in [6.07, 6.45) is 9.77. The molecular formula is C19H16N2. The highest BCUT2D eigenvalue weighted by Gasteiger charge is 2.16. The fourth-order valence-corrected chi connectivity index (χ4v) is 2.70. The van der Waals surface area contributed by atoms with Crippen molar-refractivity contribution in [2.45, 2.75) is 6.92 Å². The molecule has 0 spiro atoms. The fourth-order valence-electron chi connectivity index (χ4n) is 2.70. The zero-order chi connectivity index (χ0) is 14.8. The maximum absolute atomic E-state index is 6.21. The summed E-state index contributed by atoms with van der Waals surface area (Å²) in [7, 11) is 0. The summed E-state index contributed by atoms with van der Waals surface area (Å²) in [5.74, 6) is 2.81. The van der Waals surface area contributed by atoms with E-state index < -0.39 is 0 Å². The van der Waals surface area contributed by atoms with Gasteiger partial charge in [-0.1, -0.05) is 42.3 Å². The van der Waals surface area contributed by atoms with Crippen LogP contribution in [0.4, 0.5) is 5.69 Å². The van der Waals surface area contributed by atoms with Crippen molar-refractivity contribution in [1.82, 2.24) is 4.57 Å². The first-order chi connectivity index (χ1) is 10.3. The van der Waals surface area contributed by atoms with Crippen LogP contribution in [0, 0.1) is 12.3 Å². The largest absolute Gasteiger partial charge is 0.397 e. The van der Waals surface area contributed by atoms with Crippen LogP contribution >= 0.6 is 0 Å². The number of nitrogens with zero attached hydrogens (tertiary/aromatic N) is 1. The molecule has 0 aliphatic heterocycles. The summed E-state index contributed by atoms with van der Waals surface area (Å²) in [5, 5.41) is 1.01. The molecule has 2 N–H and O–H groups in total. The third kappa shape index (κ3) is 2.00. The van der Waals surface area contributed by atoms with E-state index in [9.17, 15) is 0 Å². The Morgan fingerprint density at radius 1 is 1.10 bits per heavy atom. The number of nitrogens with two attached hydrogens (primary N) is 1. The van der Waals surface area contributed by atoms with Crippen LogP contribution < -0.4 is 5.73 Å². The van der Waals surface area contributed by atoms with E-state index in [0.29, 0.717) is 0 Å². The average Bonchev–Trinajstić information content (AvgIpc) is 2.83. The number of aromatic nitrogens is 1. The predicted molar refractivity (Wildman–Crippen MR) is 90.3 cm³/mol. The number of allylic oxidation sites excluding steroid dienone is 1. The Hall–Kier alpha value is -2.92. The Morgan fingerprint density at radius 3 is 2.52 bits per heavy atom. The zero-order valence-electron chi connectivity index (χ0n) is 11.9. The molecule has 2 aromatic carbocycles. The van der Waals surface area contributed by atoms with Gasteiger partial charge in [-0.05, 0) is 31.2 Å². The SMILES string of the molecule is C#Cc1c(/C=C\C)n(-c2ccccc2)c2c(N)cccc12. The maximum atomic E-state index is 6.21. The topological polar surface area (TPSA) is 30.9 Å². The first kappa shape index (κ1) is 13.1. The molecule has 102 valence electrons. The number of anilines is 1. The van der Waals surface area contributed by atoms with E-state index >= 15 is 0 Å². The average molecular weight is 272 g/mol. The molecule has 3 aromatic rings. The van der Waals surface area contributed by atoms with Gasteiger partial charge in [0.2, 0.25) is 0 Å². The molecule has 0 aliphatic rings. The van der Waals surface area contributed by atoms with Crippen LogP contribution in [0.2, 0.25) is 0 Å². The lowest BCUT2D eigenvalue weighted by molar-refractivity contribution is 1.11. The van der Waals surface area contributed by atoms with Crippen LogP contribution in [0.25, 0.3) is 22.7 Å². The number of terminal acetylenes is 1. The number of benzene rings is 2. The summed E-state index contributed by atoms with van der Waals surface area (Å²) in [5.41, 5.74) is 10.8. The van der Waals surface area contributed by atoms with Gasteiger partial charge in [-0.15, -0.1) is 6.42 Å². The molecule has 0 bridgehead atoms. The Balaban J connectivity index is 2.52. The van der Waals surface area contributed by atoms with Crippen LogP contribution in [-0.4, -0.2) is 4.57 Å². The van der Waals surface area contributed by atoms with Crippen LogP contribution in [0.1, 0.15) is 18.2 Å². The molecule has 0 amide bonds. The molecule has 0 radical (unpaired) electrons.